The molecule has 0 saturated carbocycles. The maximum atomic E-state index is 13.2. The fourth-order valence-corrected chi connectivity index (χ4v) is 4.02. The number of aliphatic hydroxyl groups excluding tert-OH is 1. The summed E-state index contributed by atoms with van der Waals surface area (Å²) >= 11 is 0. The van der Waals surface area contributed by atoms with E-state index >= 15 is 0 Å². The molecule has 1 aliphatic heterocycles. The second kappa shape index (κ2) is 8.66. The van der Waals surface area contributed by atoms with Crippen LogP contribution in [0.2, 0.25) is 0 Å². The van der Waals surface area contributed by atoms with Gasteiger partial charge in [-0.3, -0.25) is 24.7 Å². The summed E-state index contributed by atoms with van der Waals surface area (Å²) < 4.78 is 0. The van der Waals surface area contributed by atoms with Gasteiger partial charge >= 0.3 is 0 Å². The van der Waals surface area contributed by atoms with Gasteiger partial charge in [0.2, 0.25) is 0 Å². The monoisotopic (exact) mass is 443 g/mol. The first kappa shape index (κ1) is 21.9. The van der Waals surface area contributed by atoms with E-state index in [2.05, 4.69) is 4.98 Å². The highest BCUT2D eigenvalue weighted by molar-refractivity contribution is 6.46. The van der Waals surface area contributed by atoms with E-state index in [1.807, 2.05) is 19.1 Å². The Bertz CT molecular complexity index is 1300. The summed E-state index contributed by atoms with van der Waals surface area (Å²) in [6.07, 6.45) is 3.15. The molecule has 8 heteroatoms. The zero-order chi connectivity index (χ0) is 23.7. The van der Waals surface area contributed by atoms with Crippen LogP contribution in [0.3, 0.4) is 0 Å². The normalized spacial score (nSPS) is 17.4. The maximum Gasteiger partial charge on any atom is 0.295 e. The number of nitro benzene ring substituents is 1. The number of nitro groups is 1. The zero-order valence-electron chi connectivity index (χ0n) is 18.1. The standard InChI is InChI=1S/C25H21N3O5/c1-15-6-7-16(2)20(12-15)23(29)21-22(18-4-3-5-19(13-18)28(32)33)27(25(31)24(21)30)14-17-8-10-26-11-9-17/h3-13,22,29H,14H2,1-2H3/b23-21+. The SMILES string of the molecule is Cc1ccc(C)c(/C(O)=C2\C(=O)C(=O)N(Cc3ccncc3)C2c2cccc([N+](=O)[O-])c2)c1. The van der Waals surface area contributed by atoms with Gasteiger partial charge in [0.05, 0.1) is 16.5 Å². The van der Waals surface area contributed by atoms with Crippen LogP contribution in [0.25, 0.3) is 5.76 Å². The van der Waals surface area contributed by atoms with Gasteiger partial charge in [-0.2, -0.15) is 0 Å². The lowest BCUT2D eigenvalue weighted by Crippen LogP contribution is -2.29. The van der Waals surface area contributed by atoms with Crippen LogP contribution in [0, 0.1) is 24.0 Å². The highest BCUT2D eigenvalue weighted by atomic mass is 16.6. The number of ketones is 1. The molecule has 8 nitrogen and oxygen atoms in total. The fourth-order valence-electron chi connectivity index (χ4n) is 4.02. The number of likely N-dealkylation sites (tertiary alicyclic amines) is 1. The van der Waals surface area contributed by atoms with Gasteiger partial charge in [-0.05, 0) is 48.7 Å². The van der Waals surface area contributed by atoms with E-state index in [1.54, 1.807) is 43.6 Å². The van der Waals surface area contributed by atoms with Gasteiger partial charge in [0, 0.05) is 36.6 Å². The van der Waals surface area contributed by atoms with Crippen molar-refractivity contribution in [3.63, 3.8) is 0 Å². The number of hydrogen-bond donors (Lipinski definition) is 1. The van der Waals surface area contributed by atoms with Crippen LogP contribution in [-0.2, 0) is 16.1 Å². The Balaban J connectivity index is 1.93. The van der Waals surface area contributed by atoms with Crippen molar-refractivity contribution < 1.29 is 19.6 Å². The topological polar surface area (TPSA) is 114 Å². The summed E-state index contributed by atoms with van der Waals surface area (Å²) in [6, 6.07) is 13.7. The number of pyridine rings is 1. The van der Waals surface area contributed by atoms with Crippen LogP contribution < -0.4 is 0 Å². The van der Waals surface area contributed by atoms with Gasteiger partial charge in [-0.1, -0.05) is 29.8 Å². The molecule has 2 aromatic carbocycles. The van der Waals surface area contributed by atoms with Crippen LogP contribution in [0.5, 0.6) is 0 Å². The predicted molar refractivity (Wildman–Crippen MR) is 121 cm³/mol. The van der Waals surface area contributed by atoms with Gasteiger partial charge in [0.15, 0.2) is 0 Å². The Kier molecular flexibility index (Phi) is 5.74. The number of non-ortho nitro benzene ring substituents is 1. The molecule has 1 unspecified atom stereocenters. The highest BCUT2D eigenvalue weighted by Crippen LogP contribution is 2.41. The Hall–Kier alpha value is -4.33. The van der Waals surface area contributed by atoms with E-state index in [0.717, 1.165) is 16.7 Å². The highest BCUT2D eigenvalue weighted by Gasteiger charge is 2.46. The fraction of sp³-hybridized carbons (Fsp3) is 0.160. The third-order valence-corrected chi connectivity index (χ3v) is 5.69. The first-order valence-corrected chi connectivity index (χ1v) is 10.3. The van der Waals surface area contributed by atoms with Crippen molar-refractivity contribution in [3.05, 3.63) is 110 Å². The number of aryl methyl sites for hydroxylation is 2. The molecule has 0 radical (unpaired) electrons. The molecule has 1 fully saturated rings. The molecule has 3 aromatic rings. The Morgan fingerprint density at radius 1 is 1.09 bits per heavy atom. The summed E-state index contributed by atoms with van der Waals surface area (Å²) in [6.45, 7) is 3.73. The van der Waals surface area contributed by atoms with Crippen molar-refractivity contribution in [2.24, 2.45) is 0 Å². The average Bonchev–Trinajstić information content (AvgIpc) is 3.06. The molecule has 1 amide bonds. The summed E-state index contributed by atoms with van der Waals surface area (Å²) in [5.74, 6) is -1.92. The number of aromatic nitrogens is 1. The third-order valence-electron chi connectivity index (χ3n) is 5.69. The van der Waals surface area contributed by atoms with Gasteiger partial charge in [-0.15, -0.1) is 0 Å². The minimum Gasteiger partial charge on any atom is -0.507 e. The van der Waals surface area contributed by atoms with Crippen LogP contribution in [-0.4, -0.2) is 31.6 Å². The van der Waals surface area contributed by atoms with Crippen molar-refractivity contribution in [3.8, 4) is 0 Å². The van der Waals surface area contributed by atoms with Gasteiger partial charge in [0.25, 0.3) is 17.4 Å². The van der Waals surface area contributed by atoms with E-state index in [4.69, 9.17) is 0 Å². The van der Waals surface area contributed by atoms with Crippen molar-refractivity contribution in [1.29, 1.82) is 0 Å². The zero-order valence-corrected chi connectivity index (χ0v) is 18.1. The Morgan fingerprint density at radius 3 is 2.52 bits per heavy atom. The van der Waals surface area contributed by atoms with E-state index in [0.29, 0.717) is 11.1 Å². The van der Waals surface area contributed by atoms with Gasteiger partial charge < -0.3 is 10.0 Å². The molecular formula is C25H21N3O5. The molecule has 4 rings (SSSR count). The van der Waals surface area contributed by atoms with E-state index in [-0.39, 0.29) is 23.6 Å². The lowest BCUT2D eigenvalue weighted by atomic mass is 9.93. The molecule has 2 heterocycles. The summed E-state index contributed by atoms with van der Waals surface area (Å²) in [5.41, 5.74) is 2.87. The average molecular weight is 443 g/mol. The second-order valence-corrected chi connectivity index (χ2v) is 7.95. The van der Waals surface area contributed by atoms with Crippen LogP contribution in [0.1, 0.15) is 33.9 Å². The largest absolute Gasteiger partial charge is 0.507 e. The molecule has 0 aliphatic carbocycles. The van der Waals surface area contributed by atoms with Crippen molar-refractivity contribution >= 4 is 23.1 Å². The third kappa shape index (κ3) is 4.10. The molecule has 1 atom stereocenters. The molecule has 166 valence electrons. The molecule has 1 N–H and O–H groups in total. The molecule has 33 heavy (non-hydrogen) atoms. The number of aliphatic hydroxyl groups is 1. The summed E-state index contributed by atoms with van der Waals surface area (Å²) in [7, 11) is 0. The number of nitrogens with zero attached hydrogens (tertiary/aromatic N) is 3. The quantitative estimate of drug-likeness (QED) is 0.208. The summed E-state index contributed by atoms with van der Waals surface area (Å²) in [5, 5.41) is 22.6. The lowest BCUT2D eigenvalue weighted by molar-refractivity contribution is -0.384. The molecule has 1 saturated heterocycles. The number of rotatable bonds is 5. The van der Waals surface area contributed by atoms with Crippen molar-refractivity contribution in [1.82, 2.24) is 9.88 Å². The predicted octanol–water partition coefficient (Wildman–Crippen LogP) is 4.23. The van der Waals surface area contributed by atoms with E-state index in [1.165, 1.54) is 23.1 Å². The minimum absolute atomic E-state index is 0.0734. The molecule has 1 aromatic heterocycles. The number of hydrogen-bond acceptors (Lipinski definition) is 6. The number of amides is 1. The summed E-state index contributed by atoms with van der Waals surface area (Å²) in [4.78, 5) is 42.4. The first-order valence-electron chi connectivity index (χ1n) is 10.3. The molecule has 0 spiro atoms. The molecule has 0 bridgehead atoms. The Labute approximate surface area is 190 Å². The smallest absolute Gasteiger partial charge is 0.295 e. The lowest BCUT2D eigenvalue weighted by Gasteiger charge is -2.25. The van der Waals surface area contributed by atoms with Crippen molar-refractivity contribution in [2.75, 3.05) is 0 Å². The van der Waals surface area contributed by atoms with Crippen LogP contribution in [0.15, 0.2) is 72.6 Å². The van der Waals surface area contributed by atoms with Crippen LogP contribution >= 0.6 is 0 Å². The number of carbonyl (C=O) groups excluding carboxylic acids is 2. The second-order valence-electron chi connectivity index (χ2n) is 7.95. The van der Waals surface area contributed by atoms with Crippen LogP contribution in [0.4, 0.5) is 5.69 Å². The molecule has 1 aliphatic rings. The van der Waals surface area contributed by atoms with E-state index in [9.17, 15) is 24.8 Å². The van der Waals surface area contributed by atoms with Gasteiger partial charge in [0.1, 0.15) is 5.76 Å². The molecular weight excluding hydrogens is 422 g/mol. The Morgan fingerprint density at radius 2 is 1.82 bits per heavy atom. The van der Waals surface area contributed by atoms with Crippen molar-refractivity contribution in [2.45, 2.75) is 26.4 Å². The van der Waals surface area contributed by atoms with E-state index < -0.39 is 22.7 Å². The first-order chi connectivity index (χ1) is 15.8. The number of carbonyl (C=O) groups is 2. The minimum atomic E-state index is -0.988. The number of Topliss-reactive ketones (excluding diaryl/α,β-unsaturated/α-hetero) is 1. The number of benzene rings is 2. The maximum absolute atomic E-state index is 13.2. The van der Waals surface area contributed by atoms with Gasteiger partial charge in [-0.25, -0.2) is 0 Å².